The molecule has 146 valence electrons. The summed E-state index contributed by atoms with van der Waals surface area (Å²) in [5.74, 6) is -1.60. The fourth-order valence-corrected chi connectivity index (χ4v) is 2.48. The zero-order chi connectivity index (χ0) is 19.9. The highest BCUT2D eigenvalue weighted by Crippen LogP contribution is 2.28. The minimum absolute atomic E-state index is 0.0279. The van der Waals surface area contributed by atoms with E-state index in [-0.39, 0.29) is 22.8 Å². The first kappa shape index (κ1) is 22.2. The molecule has 0 radical (unpaired) electrons. The molecule has 1 aromatic carbocycles. The van der Waals surface area contributed by atoms with E-state index >= 15 is 0 Å². The maximum absolute atomic E-state index is 14.9. The second-order valence-electron chi connectivity index (χ2n) is 6.92. The van der Waals surface area contributed by atoms with Gasteiger partial charge in [-0.2, -0.15) is 0 Å². The van der Waals surface area contributed by atoms with Crippen LogP contribution in [-0.2, 0) is 9.47 Å². The Bertz CT molecular complexity index is 643. The predicted molar refractivity (Wildman–Crippen MR) is 99.0 cm³/mol. The van der Waals surface area contributed by atoms with Gasteiger partial charge in [0.1, 0.15) is 17.0 Å². The number of amides is 1. The Kier molecular flexibility index (Phi) is 8.34. The van der Waals surface area contributed by atoms with Crippen LogP contribution < -0.4 is 5.32 Å². The summed E-state index contributed by atoms with van der Waals surface area (Å²) >= 11 is 6.00. The number of benzene rings is 1. The van der Waals surface area contributed by atoms with E-state index in [4.69, 9.17) is 21.1 Å². The molecular formula is C19H27ClFNO4. The highest BCUT2D eigenvalue weighted by atomic mass is 35.5. The fraction of sp³-hybridized carbons (Fsp3) is 0.579. The van der Waals surface area contributed by atoms with Gasteiger partial charge in [-0.3, -0.25) is 0 Å². The topological polar surface area (TPSA) is 64.6 Å². The lowest BCUT2D eigenvalue weighted by Gasteiger charge is -2.24. The zero-order valence-corrected chi connectivity index (χ0v) is 16.7. The van der Waals surface area contributed by atoms with Gasteiger partial charge in [-0.15, -0.1) is 0 Å². The standard InChI is InChI=1S/C19H27ClFNO4/c1-6-8-11-25-17(23)15-13(20)10-9-12(16(15)21)14(7-2)22-18(24)26-19(3,4)5/h9-10,14H,6-8,11H2,1-5H3,(H,22,24)/t14-/m1/s1. The van der Waals surface area contributed by atoms with Gasteiger partial charge >= 0.3 is 12.1 Å². The summed E-state index contributed by atoms with van der Waals surface area (Å²) in [6.07, 6.45) is 1.28. The number of alkyl carbamates (subject to hydrolysis) is 1. The van der Waals surface area contributed by atoms with E-state index in [2.05, 4.69) is 5.32 Å². The molecule has 0 spiro atoms. The van der Waals surface area contributed by atoms with E-state index in [0.29, 0.717) is 12.8 Å². The van der Waals surface area contributed by atoms with Gasteiger partial charge in [0.05, 0.1) is 17.7 Å². The van der Waals surface area contributed by atoms with Crippen LogP contribution >= 0.6 is 11.6 Å². The third kappa shape index (κ3) is 6.48. The van der Waals surface area contributed by atoms with Crippen molar-refractivity contribution in [2.45, 2.75) is 65.5 Å². The lowest BCUT2D eigenvalue weighted by Crippen LogP contribution is -2.35. The quantitative estimate of drug-likeness (QED) is 0.501. The third-order valence-corrected chi connectivity index (χ3v) is 3.85. The summed E-state index contributed by atoms with van der Waals surface area (Å²) in [7, 11) is 0. The van der Waals surface area contributed by atoms with Crippen LogP contribution in [0.5, 0.6) is 0 Å². The number of halogens is 2. The van der Waals surface area contributed by atoms with E-state index in [1.165, 1.54) is 12.1 Å². The summed E-state index contributed by atoms with van der Waals surface area (Å²) in [6.45, 7) is 9.15. The van der Waals surface area contributed by atoms with Crippen molar-refractivity contribution in [2.75, 3.05) is 6.61 Å². The van der Waals surface area contributed by atoms with Crippen molar-refractivity contribution < 1.29 is 23.5 Å². The van der Waals surface area contributed by atoms with E-state index in [1.54, 1.807) is 27.7 Å². The number of ether oxygens (including phenoxy) is 2. The lowest BCUT2D eigenvalue weighted by molar-refractivity contribution is 0.0492. The van der Waals surface area contributed by atoms with Crippen LogP contribution in [0.2, 0.25) is 5.02 Å². The predicted octanol–water partition coefficient (Wildman–Crippen LogP) is 5.41. The number of esters is 1. The minimum atomic E-state index is -0.810. The SMILES string of the molecule is CCCCOC(=O)c1c(Cl)ccc([C@@H](CC)NC(=O)OC(C)(C)C)c1F. The minimum Gasteiger partial charge on any atom is -0.462 e. The molecule has 0 aliphatic heterocycles. The Balaban J connectivity index is 3.05. The number of hydrogen-bond donors (Lipinski definition) is 1. The molecule has 1 aromatic rings. The van der Waals surface area contributed by atoms with Crippen LogP contribution in [0.4, 0.5) is 9.18 Å². The maximum atomic E-state index is 14.9. The van der Waals surface area contributed by atoms with E-state index in [0.717, 1.165) is 6.42 Å². The molecule has 1 rings (SSSR count). The molecule has 0 unspecified atom stereocenters. The van der Waals surface area contributed by atoms with Gasteiger partial charge in [0.2, 0.25) is 0 Å². The molecule has 1 N–H and O–H groups in total. The molecule has 5 nitrogen and oxygen atoms in total. The first-order chi connectivity index (χ1) is 12.1. The summed E-state index contributed by atoms with van der Waals surface area (Å²) in [6, 6.07) is 2.21. The first-order valence-electron chi connectivity index (χ1n) is 8.75. The first-order valence-corrected chi connectivity index (χ1v) is 9.13. The van der Waals surface area contributed by atoms with Crippen LogP contribution in [0.1, 0.15) is 75.8 Å². The van der Waals surface area contributed by atoms with Crippen LogP contribution in [0.3, 0.4) is 0 Å². The van der Waals surface area contributed by atoms with Gasteiger partial charge in [0, 0.05) is 5.56 Å². The normalized spacial score (nSPS) is 12.4. The second kappa shape index (κ2) is 9.76. The number of carbonyl (C=O) groups is 2. The Labute approximate surface area is 159 Å². The van der Waals surface area contributed by atoms with Crippen LogP contribution in [0.25, 0.3) is 0 Å². The van der Waals surface area contributed by atoms with E-state index < -0.39 is 29.5 Å². The maximum Gasteiger partial charge on any atom is 0.408 e. The average molecular weight is 388 g/mol. The molecule has 26 heavy (non-hydrogen) atoms. The number of carbonyl (C=O) groups excluding carboxylic acids is 2. The Morgan fingerprint density at radius 1 is 1.27 bits per heavy atom. The Morgan fingerprint density at radius 2 is 1.92 bits per heavy atom. The van der Waals surface area contributed by atoms with Gasteiger partial charge in [-0.05, 0) is 39.7 Å². The third-order valence-electron chi connectivity index (χ3n) is 3.53. The molecular weight excluding hydrogens is 361 g/mol. The number of hydrogen-bond acceptors (Lipinski definition) is 4. The van der Waals surface area contributed by atoms with Gasteiger partial charge in [0.25, 0.3) is 0 Å². The molecule has 0 aromatic heterocycles. The van der Waals surface area contributed by atoms with Crippen LogP contribution in [0.15, 0.2) is 12.1 Å². The van der Waals surface area contributed by atoms with Crippen molar-refractivity contribution >= 4 is 23.7 Å². The van der Waals surface area contributed by atoms with Crippen molar-refractivity contribution in [3.63, 3.8) is 0 Å². The van der Waals surface area contributed by atoms with E-state index in [1.807, 2.05) is 6.92 Å². The number of unbranched alkanes of at least 4 members (excludes halogenated alkanes) is 1. The summed E-state index contributed by atoms with van der Waals surface area (Å²) < 4.78 is 25.2. The number of nitrogens with one attached hydrogen (secondary N) is 1. The molecule has 0 heterocycles. The fourth-order valence-electron chi connectivity index (χ4n) is 2.26. The molecule has 0 bridgehead atoms. The van der Waals surface area contributed by atoms with Gasteiger partial charge in [-0.25, -0.2) is 14.0 Å². The van der Waals surface area contributed by atoms with Crippen molar-refractivity contribution in [3.8, 4) is 0 Å². The molecule has 1 atom stereocenters. The second-order valence-corrected chi connectivity index (χ2v) is 7.33. The molecule has 0 aliphatic carbocycles. The molecule has 0 fully saturated rings. The summed E-state index contributed by atoms with van der Waals surface area (Å²) in [5.41, 5.74) is -0.829. The smallest absolute Gasteiger partial charge is 0.408 e. The van der Waals surface area contributed by atoms with Crippen molar-refractivity contribution in [1.82, 2.24) is 5.32 Å². The van der Waals surface area contributed by atoms with Crippen molar-refractivity contribution in [3.05, 3.63) is 34.1 Å². The molecule has 0 saturated heterocycles. The van der Waals surface area contributed by atoms with Gasteiger partial charge in [0.15, 0.2) is 0 Å². The molecule has 7 heteroatoms. The van der Waals surface area contributed by atoms with Gasteiger partial charge < -0.3 is 14.8 Å². The largest absolute Gasteiger partial charge is 0.462 e. The average Bonchev–Trinajstić information content (AvgIpc) is 2.52. The van der Waals surface area contributed by atoms with Crippen molar-refractivity contribution in [2.24, 2.45) is 0 Å². The van der Waals surface area contributed by atoms with Crippen LogP contribution in [0, 0.1) is 5.82 Å². The lowest BCUT2D eigenvalue weighted by atomic mass is 10.0. The Hall–Kier alpha value is -1.82. The van der Waals surface area contributed by atoms with E-state index in [9.17, 15) is 14.0 Å². The molecule has 0 aliphatic rings. The summed E-state index contributed by atoms with van der Waals surface area (Å²) in [4.78, 5) is 24.2. The Morgan fingerprint density at radius 3 is 2.46 bits per heavy atom. The molecule has 1 amide bonds. The highest BCUT2D eigenvalue weighted by molar-refractivity contribution is 6.33. The number of rotatable bonds is 7. The molecule has 0 saturated carbocycles. The van der Waals surface area contributed by atoms with Crippen molar-refractivity contribution in [1.29, 1.82) is 0 Å². The summed E-state index contributed by atoms with van der Waals surface area (Å²) in [5, 5.41) is 2.59. The van der Waals surface area contributed by atoms with Gasteiger partial charge in [-0.1, -0.05) is 37.9 Å². The monoisotopic (exact) mass is 387 g/mol. The zero-order valence-electron chi connectivity index (χ0n) is 15.9. The van der Waals surface area contributed by atoms with Crippen LogP contribution in [-0.4, -0.2) is 24.3 Å². The highest BCUT2D eigenvalue weighted by Gasteiger charge is 2.26.